The number of carbonyl (C=O) groups is 1. The maximum atomic E-state index is 11.4. The van der Waals surface area contributed by atoms with Crippen LogP contribution in [0.15, 0.2) is 17.1 Å². The molecule has 1 unspecified atom stereocenters. The Labute approximate surface area is 85.7 Å². The minimum Gasteiger partial charge on any atom is -0.458 e. The van der Waals surface area contributed by atoms with E-state index in [9.17, 15) is 14.7 Å². The number of carbonyl (C=O) groups excluding carboxylic acids is 1. The van der Waals surface area contributed by atoms with Gasteiger partial charge in [0.15, 0.2) is 5.60 Å². The molecule has 0 saturated heterocycles. The molecule has 1 atom stereocenters. The fourth-order valence-corrected chi connectivity index (χ4v) is 1.74. The van der Waals surface area contributed by atoms with Gasteiger partial charge in [0.25, 0.3) is 5.56 Å². The topological polar surface area (TPSA) is 79.4 Å². The molecule has 0 saturated carbocycles. The molecular formula is C10H11NO4. The molecule has 0 bridgehead atoms. The monoisotopic (exact) mass is 209 g/mol. The summed E-state index contributed by atoms with van der Waals surface area (Å²) >= 11 is 0. The van der Waals surface area contributed by atoms with Gasteiger partial charge in [-0.1, -0.05) is 6.92 Å². The molecule has 0 aliphatic carbocycles. The molecule has 0 fully saturated rings. The highest BCUT2D eigenvalue weighted by molar-refractivity contribution is 5.82. The van der Waals surface area contributed by atoms with E-state index in [1.807, 2.05) is 0 Å². The Balaban J connectivity index is 2.69. The van der Waals surface area contributed by atoms with Crippen LogP contribution in [0, 0.1) is 0 Å². The second kappa shape index (κ2) is 3.20. The van der Waals surface area contributed by atoms with Gasteiger partial charge in [0.2, 0.25) is 0 Å². The third kappa shape index (κ3) is 1.27. The van der Waals surface area contributed by atoms with Gasteiger partial charge in [-0.05, 0) is 12.5 Å². The predicted octanol–water partition coefficient (Wildman–Crippen LogP) is 0.0293. The molecule has 1 aliphatic heterocycles. The summed E-state index contributed by atoms with van der Waals surface area (Å²) in [6.45, 7) is 1.59. The molecule has 2 heterocycles. The van der Waals surface area contributed by atoms with E-state index >= 15 is 0 Å². The molecule has 0 amide bonds. The highest BCUT2D eigenvalue weighted by Crippen LogP contribution is 2.31. The zero-order chi connectivity index (χ0) is 11.1. The molecular weight excluding hydrogens is 198 g/mol. The lowest BCUT2D eigenvalue weighted by molar-refractivity contribution is -0.172. The number of hydrogen-bond donors (Lipinski definition) is 2. The number of H-pyrrole nitrogens is 1. The van der Waals surface area contributed by atoms with Crippen LogP contribution >= 0.6 is 0 Å². The Bertz CT molecular complexity index is 465. The number of rotatable bonds is 1. The summed E-state index contributed by atoms with van der Waals surface area (Å²) in [5.41, 5.74) is -1.33. The van der Waals surface area contributed by atoms with E-state index < -0.39 is 11.6 Å². The molecule has 0 spiro atoms. The number of cyclic esters (lactones) is 1. The fourth-order valence-electron chi connectivity index (χ4n) is 1.74. The molecule has 0 radical (unpaired) electrons. The van der Waals surface area contributed by atoms with Crippen molar-refractivity contribution in [3.63, 3.8) is 0 Å². The minimum absolute atomic E-state index is 0.0767. The van der Waals surface area contributed by atoms with Crippen molar-refractivity contribution in [2.24, 2.45) is 0 Å². The van der Waals surface area contributed by atoms with Crippen molar-refractivity contribution in [3.8, 4) is 0 Å². The van der Waals surface area contributed by atoms with Crippen LogP contribution in [-0.2, 0) is 21.7 Å². The lowest BCUT2D eigenvalue weighted by Crippen LogP contribution is -2.43. The highest BCUT2D eigenvalue weighted by Gasteiger charge is 2.43. The summed E-state index contributed by atoms with van der Waals surface area (Å²) < 4.78 is 4.78. The maximum absolute atomic E-state index is 11.4. The first-order chi connectivity index (χ1) is 7.09. The maximum Gasteiger partial charge on any atom is 0.343 e. The number of fused-ring (bicyclic) bond motifs is 1. The van der Waals surface area contributed by atoms with Crippen molar-refractivity contribution >= 4 is 5.97 Å². The smallest absolute Gasteiger partial charge is 0.343 e. The second-order valence-corrected chi connectivity index (χ2v) is 3.49. The zero-order valence-corrected chi connectivity index (χ0v) is 8.24. The van der Waals surface area contributed by atoms with E-state index in [0.29, 0.717) is 11.1 Å². The van der Waals surface area contributed by atoms with Crippen LogP contribution in [0.2, 0.25) is 0 Å². The van der Waals surface area contributed by atoms with Crippen LogP contribution < -0.4 is 5.56 Å². The first-order valence-electron chi connectivity index (χ1n) is 4.70. The van der Waals surface area contributed by atoms with E-state index in [-0.39, 0.29) is 18.6 Å². The number of nitrogens with one attached hydrogen (secondary N) is 1. The molecule has 1 aliphatic rings. The second-order valence-electron chi connectivity index (χ2n) is 3.49. The van der Waals surface area contributed by atoms with Gasteiger partial charge in [-0.2, -0.15) is 0 Å². The summed E-state index contributed by atoms with van der Waals surface area (Å²) in [6, 6.07) is 1.54. The molecule has 1 aromatic heterocycles. The number of aromatic amines is 1. The lowest BCUT2D eigenvalue weighted by atomic mass is 9.87. The quantitative estimate of drug-likeness (QED) is 0.639. The zero-order valence-electron chi connectivity index (χ0n) is 8.24. The van der Waals surface area contributed by atoms with Crippen molar-refractivity contribution in [3.05, 3.63) is 33.7 Å². The third-order valence-corrected chi connectivity index (χ3v) is 2.71. The van der Waals surface area contributed by atoms with E-state index in [4.69, 9.17) is 4.74 Å². The van der Waals surface area contributed by atoms with Gasteiger partial charge >= 0.3 is 5.97 Å². The van der Waals surface area contributed by atoms with Crippen LogP contribution in [0.1, 0.15) is 24.5 Å². The van der Waals surface area contributed by atoms with Gasteiger partial charge in [0, 0.05) is 11.8 Å². The average molecular weight is 209 g/mol. The van der Waals surface area contributed by atoms with E-state index in [0.717, 1.165) is 0 Å². The van der Waals surface area contributed by atoms with Gasteiger partial charge in [-0.3, -0.25) is 4.79 Å². The third-order valence-electron chi connectivity index (χ3n) is 2.71. The van der Waals surface area contributed by atoms with Crippen molar-refractivity contribution in [1.82, 2.24) is 4.98 Å². The van der Waals surface area contributed by atoms with E-state index in [2.05, 4.69) is 4.98 Å². The molecule has 5 heteroatoms. The Morgan fingerprint density at radius 2 is 2.33 bits per heavy atom. The van der Waals surface area contributed by atoms with Gasteiger partial charge in [-0.25, -0.2) is 4.79 Å². The standard InChI is InChI=1S/C10H11NO4/c1-2-10(14)7-3-4-11-8(12)6(7)5-15-9(10)13/h3-4,14H,2,5H2,1H3,(H,11,12). The number of aromatic nitrogens is 1. The predicted molar refractivity (Wildman–Crippen MR) is 51.0 cm³/mol. The van der Waals surface area contributed by atoms with Crippen molar-refractivity contribution in [1.29, 1.82) is 0 Å². The average Bonchev–Trinajstić information content (AvgIpc) is 2.24. The lowest BCUT2D eigenvalue weighted by Gasteiger charge is -2.30. The first kappa shape index (κ1) is 9.92. The molecule has 2 N–H and O–H groups in total. The van der Waals surface area contributed by atoms with Crippen LogP contribution in [0.4, 0.5) is 0 Å². The van der Waals surface area contributed by atoms with Crippen LogP contribution in [-0.4, -0.2) is 16.1 Å². The number of ether oxygens (including phenoxy) is 1. The van der Waals surface area contributed by atoms with Gasteiger partial charge in [-0.15, -0.1) is 0 Å². The largest absolute Gasteiger partial charge is 0.458 e. The first-order valence-corrected chi connectivity index (χ1v) is 4.70. The molecule has 80 valence electrons. The summed E-state index contributed by atoms with van der Waals surface area (Å²) in [6.07, 6.45) is 1.60. The highest BCUT2D eigenvalue weighted by atomic mass is 16.6. The Hall–Kier alpha value is -1.62. The Morgan fingerprint density at radius 1 is 1.60 bits per heavy atom. The summed E-state index contributed by atoms with van der Waals surface area (Å²) in [5.74, 6) is -0.692. The molecule has 15 heavy (non-hydrogen) atoms. The number of pyridine rings is 1. The van der Waals surface area contributed by atoms with E-state index in [1.54, 1.807) is 13.0 Å². The minimum atomic E-state index is -1.68. The fraction of sp³-hybridized carbons (Fsp3) is 0.400. The Morgan fingerprint density at radius 3 is 3.00 bits per heavy atom. The van der Waals surface area contributed by atoms with Crippen molar-refractivity contribution < 1.29 is 14.6 Å². The van der Waals surface area contributed by atoms with Crippen LogP contribution in [0.3, 0.4) is 0 Å². The summed E-state index contributed by atoms with van der Waals surface area (Å²) in [4.78, 5) is 25.3. The SMILES string of the molecule is CCC1(O)C(=O)OCc2c1cc[nH]c2=O. The summed E-state index contributed by atoms with van der Waals surface area (Å²) in [7, 11) is 0. The summed E-state index contributed by atoms with van der Waals surface area (Å²) in [5, 5.41) is 10.1. The van der Waals surface area contributed by atoms with E-state index in [1.165, 1.54) is 6.20 Å². The normalized spacial score (nSPS) is 24.5. The molecule has 2 rings (SSSR count). The van der Waals surface area contributed by atoms with Gasteiger partial charge < -0.3 is 14.8 Å². The van der Waals surface area contributed by atoms with Crippen molar-refractivity contribution in [2.45, 2.75) is 25.6 Å². The molecule has 1 aromatic rings. The van der Waals surface area contributed by atoms with Crippen LogP contribution in [0.5, 0.6) is 0 Å². The Kier molecular flexibility index (Phi) is 2.12. The molecule has 0 aromatic carbocycles. The van der Waals surface area contributed by atoms with Gasteiger partial charge in [0.1, 0.15) is 6.61 Å². The number of aliphatic hydroxyl groups is 1. The molecule has 5 nitrogen and oxygen atoms in total. The number of esters is 1. The van der Waals surface area contributed by atoms with Crippen LogP contribution in [0.25, 0.3) is 0 Å². The van der Waals surface area contributed by atoms with Crippen molar-refractivity contribution in [2.75, 3.05) is 0 Å². The van der Waals surface area contributed by atoms with Gasteiger partial charge in [0.05, 0.1) is 5.56 Å². The number of hydrogen-bond acceptors (Lipinski definition) is 4.